The van der Waals surface area contributed by atoms with E-state index in [9.17, 15) is 9.50 Å². The molecule has 136 valence electrons. The predicted octanol–water partition coefficient (Wildman–Crippen LogP) is 3.80. The summed E-state index contributed by atoms with van der Waals surface area (Å²) in [4.78, 5) is 0.266. The van der Waals surface area contributed by atoms with Crippen molar-refractivity contribution in [2.45, 2.75) is 13.3 Å². The van der Waals surface area contributed by atoms with Gasteiger partial charge in [-0.2, -0.15) is 4.57 Å². The minimum atomic E-state index is -0.333. The summed E-state index contributed by atoms with van der Waals surface area (Å²) in [7, 11) is 0. The molecular formula is C22H19FN2OS. The predicted molar refractivity (Wildman–Crippen MR) is 108 cm³/mol. The number of rotatable bonds is 5. The summed E-state index contributed by atoms with van der Waals surface area (Å²) in [5, 5.41) is 16.2. The zero-order valence-corrected chi connectivity index (χ0v) is 15.7. The number of nitrogens with one attached hydrogen (secondary N) is 1. The van der Waals surface area contributed by atoms with Gasteiger partial charge >= 0.3 is 0 Å². The summed E-state index contributed by atoms with van der Waals surface area (Å²) in [5.41, 5.74) is 2.66. The van der Waals surface area contributed by atoms with Crippen LogP contribution in [0.4, 0.5) is 10.1 Å². The van der Waals surface area contributed by atoms with E-state index in [2.05, 4.69) is 12.2 Å². The topological polar surface area (TPSA) is 39.0 Å². The van der Waals surface area contributed by atoms with Crippen molar-refractivity contribution in [3.05, 3.63) is 96.1 Å². The first-order chi connectivity index (χ1) is 13.1. The quantitative estimate of drug-likeness (QED) is 0.318. The Morgan fingerprint density at radius 1 is 1.00 bits per heavy atom. The van der Waals surface area contributed by atoms with Crippen molar-refractivity contribution in [3.63, 3.8) is 0 Å². The minimum Gasteiger partial charge on any atom is -0.867 e. The summed E-state index contributed by atoms with van der Waals surface area (Å²) in [6, 6.07) is 18.9. The Labute approximate surface area is 163 Å². The molecule has 1 heterocycles. The Morgan fingerprint density at radius 2 is 1.63 bits per heavy atom. The molecule has 3 aromatic rings. The van der Waals surface area contributed by atoms with Gasteiger partial charge in [-0.1, -0.05) is 49.5 Å². The molecule has 5 heteroatoms. The third kappa shape index (κ3) is 4.57. The van der Waals surface area contributed by atoms with E-state index >= 15 is 0 Å². The van der Waals surface area contributed by atoms with Gasteiger partial charge in [-0.15, -0.1) is 0 Å². The van der Waals surface area contributed by atoms with E-state index in [1.54, 1.807) is 29.1 Å². The van der Waals surface area contributed by atoms with Crippen LogP contribution in [0.2, 0.25) is 0 Å². The molecule has 1 aromatic heterocycles. The van der Waals surface area contributed by atoms with Crippen LogP contribution in [0, 0.1) is 5.82 Å². The van der Waals surface area contributed by atoms with Crippen molar-refractivity contribution in [2.24, 2.45) is 0 Å². The summed E-state index contributed by atoms with van der Waals surface area (Å²) in [6.07, 6.45) is 4.45. The summed E-state index contributed by atoms with van der Waals surface area (Å²) < 4.78 is 14.8. The number of nitrogens with zero attached hydrogens (tertiary/aromatic N) is 1. The lowest BCUT2D eigenvalue weighted by atomic mass is 10.1. The van der Waals surface area contributed by atoms with Gasteiger partial charge in [0.25, 0.3) is 0 Å². The molecule has 3 rings (SSSR count). The van der Waals surface area contributed by atoms with Crippen LogP contribution in [0.5, 0.6) is 0 Å². The summed E-state index contributed by atoms with van der Waals surface area (Å²) in [6.45, 7) is 2.07. The highest BCUT2D eigenvalue weighted by atomic mass is 32.1. The number of pyridine rings is 1. The highest BCUT2D eigenvalue weighted by Gasteiger charge is 2.18. The molecule has 0 aliphatic rings. The summed E-state index contributed by atoms with van der Waals surface area (Å²) in [5.74, 6) is -0.520. The Hall–Kier alpha value is -3.05. The maximum Gasteiger partial charge on any atom is 0.238 e. The number of benzene rings is 2. The van der Waals surface area contributed by atoms with E-state index in [0.29, 0.717) is 16.9 Å². The molecule has 27 heavy (non-hydrogen) atoms. The van der Waals surface area contributed by atoms with Gasteiger partial charge in [0.15, 0.2) is 17.4 Å². The van der Waals surface area contributed by atoms with Crippen LogP contribution in [0.1, 0.15) is 18.1 Å². The van der Waals surface area contributed by atoms with Crippen LogP contribution in [-0.2, 0) is 6.42 Å². The highest BCUT2D eigenvalue weighted by molar-refractivity contribution is 7.81. The largest absolute Gasteiger partial charge is 0.867 e. The van der Waals surface area contributed by atoms with Gasteiger partial charge in [0, 0.05) is 17.8 Å². The van der Waals surface area contributed by atoms with Gasteiger partial charge in [-0.05, 0) is 47.6 Å². The molecule has 0 amide bonds. The Kier molecular flexibility index (Phi) is 5.94. The molecule has 2 aromatic carbocycles. The molecule has 0 atom stereocenters. The molecule has 0 aliphatic carbocycles. The molecule has 0 saturated heterocycles. The number of anilines is 1. The molecular weight excluding hydrogens is 359 g/mol. The van der Waals surface area contributed by atoms with Gasteiger partial charge < -0.3 is 10.4 Å². The van der Waals surface area contributed by atoms with E-state index in [-0.39, 0.29) is 16.6 Å². The second-order valence-corrected chi connectivity index (χ2v) is 6.38. The van der Waals surface area contributed by atoms with Crippen LogP contribution in [0.15, 0.2) is 79.1 Å². The average molecular weight is 378 g/mol. The number of thiocarbonyl (C=S) groups is 1. The lowest BCUT2D eigenvalue weighted by Gasteiger charge is -2.17. The molecule has 1 N–H and O–H groups in total. The standard InChI is InChI=1S/C22H19FN2OS/c1-2-16-6-8-17(9-7-16)21(26)20(25-14-4-3-5-15-25)22(27)24-19-12-10-18(23)11-13-19/h3-15H,2H2,1H3,(H-,24,26,27). The molecule has 0 spiro atoms. The molecule has 3 nitrogen and oxygen atoms in total. The van der Waals surface area contributed by atoms with Crippen molar-refractivity contribution < 1.29 is 14.1 Å². The first-order valence-electron chi connectivity index (χ1n) is 8.62. The number of aromatic nitrogens is 1. The maximum absolute atomic E-state index is 13.2. The van der Waals surface area contributed by atoms with Gasteiger partial charge in [-0.3, -0.25) is 0 Å². The monoisotopic (exact) mass is 378 g/mol. The fraction of sp³-hybridized carbons (Fsp3) is 0.0909. The maximum atomic E-state index is 13.2. The molecule has 0 saturated carbocycles. The first kappa shape index (κ1) is 18.7. The third-order valence-corrected chi connectivity index (χ3v) is 4.43. The van der Waals surface area contributed by atoms with Crippen LogP contribution in [-0.4, -0.2) is 4.99 Å². The number of aryl methyl sites for hydroxylation is 1. The molecule has 0 bridgehead atoms. The number of hydrogen-bond donors (Lipinski definition) is 1. The van der Waals surface area contributed by atoms with Gasteiger partial charge in [0.1, 0.15) is 5.82 Å². The zero-order valence-electron chi connectivity index (χ0n) is 14.9. The smallest absolute Gasteiger partial charge is 0.238 e. The SMILES string of the molecule is CCc1ccc(C([O-])=C(C(=S)Nc2ccc(F)cc2)[n+]2ccccc2)cc1. The van der Waals surface area contributed by atoms with E-state index < -0.39 is 0 Å². The lowest BCUT2D eigenvalue weighted by Crippen LogP contribution is -2.39. The molecule has 0 radical (unpaired) electrons. The van der Waals surface area contributed by atoms with Crippen LogP contribution in [0.25, 0.3) is 11.5 Å². The van der Waals surface area contributed by atoms with E-state index in [1.165, 1.54) is 12.1 Å². The fourth-order valence-electron chi connectivity index (χ4n) is 2.64. The van der Waals surface area contributed by atoms with Crippen molar-refractivity contribution >= 4 is 34.3 Å². The number of hydrogen-bond acceptors (Lipinski definition) is 2. The zero-order chi connectivity index (χ0) is 19.2. The third-order valence-electron chi connectivity index (χ3n) is 4.13. The van der Waals surface area contributed by atoms with Crippen LogP contribution >= 0.6 is 12.2 Å². The average Bonchev–Trinajstić information content (AvgIpc) is 2.71. The summed E-state index contributed by atoms with van der Waals surface area (Å²) >= 11 is 5.51. The van der Waals surface area contributed by atoms with E-state index in [0.717, 1.165) is 12.0 Å². The van der Waals surface area contributed by atoms with Gasteiger partial charge in [0.05, 0.1) is 0 Å². The normalized spacial score (nSPS) is 11.6. The molecule has 0 fully saturated rings. The Bertz CT molecular complexity index is 952. The van der Waals surface area contributed by atoms with Gasteiger partial charge in [-0.25, -0.2) is 4.39 Å². The van der Waals surface area contributed by atoms with Crippen LogP contribution < -0.4 is 15.0 Å². The van der Waals surface area contributed by atoms with E-state index in [1.807, 2.05) is 42.5 Å². The van der Waals surface area contributed by atoms with Crippen molar-refractivity contribution in [2.75, 3.05) is 5.32 Å². The Balaban J connectivity index is 2.02. The van der Waals surface area contributed by atoms with Crippen molar-refractivity contribution in [1.29, 1.82) is 0 Å². The van der Waals surface area contributed by atoms with Crippen molar-refractivity contribution in [3.8, 4) is 0 Å². The molecule has 0 aliphatic heterocycles. The minimum absolute atomic E-state index is 0.187. The second-order valence-electron chi connectivity index (χ2n) is 5.97. The lowest BCUT2D eigenvalue weighted by molar-refractivity contribution is -0.577. The van der Waals surface area contributed by atoms with Crippen LogP contribution in [0.3, 0.4) is 0 Å². The van der Waals surface area contributed by atoms with Crippen molar-refractivity contribution in [1.82, 2.24) is 0 Å². The molecule has 0 unspecified atom stereocenters. The van der Waals surface area contributed by atoms with E-state index in [4.69, 9.17) is 12.2 Å². The van der Waals surface area contributed by atoms with Gasteiger partial charge in [0.2, 0.25) is 5.70 Å². The Morgan fingerprint density at radius 3 is 2.22 bits per heavy atom. The second kappa shape index (κ2) is 8.56. The fourth-order valence-corrected chi connectivity index (χ4v) is 2.95. The first-order valence-corrected chi connectivity index (χ1v) is 9.03. The number of halogens is 1. The highest BCUT2D eigenvalue weighted by Crippen LogP contribution is 2.18.